The maximum absolute atomic E-state index is 12.1. The number of hydrogen-bond acceptors (Lipinski definition) is 5. The SMILES string of the molecule is COCc1cc(C(=O)N(C)C2CC(OC)C2)no1. The van der Waals surface area contributed by atoms with Gasteiger partial charge in [0.2, 0.25) is 0 Å². The van der Waals surface area contributed by atoms with Crippen molar-refractivity contribution in [3.63, 3.8) is 0 Å². The average molecular weight is 254 g/mol. The molecule has 0 bridgehead atoms. The summed E-state index contributed by atoms with van der Waals surface area (Å²) in [6.45, 7) is 0.319. The van der Waals surface area contributed by atoms with Gasteiger partial charge in [0.1, 0.15) is 6.61 Å². The highest BCUT2D eigenvalue weighted by molar-refractivity contribution is 5.92. The van der Waals surface area contributed by atoms with Crippen LogP contribution in [0.15, 0.2) is 10.6 Å². The van der Waals surface area contributed by atoms with E-state index in [1.807, 2.05) is 0 Å². The number of aromatic nitrogens is 1. The van der Waals surface area contributed by atoms with E-state index in [0.717, 1.165) is 12.8 Å². The van der Waals surface area contributed by atoms with Crippen molar-refractivity contribution in [3.8, 4) is 0 Å². The molecule has 0 aromatic carbocycles. The van der Waals surface area contributed by atoms with Crippen LogP contribution in [0.4, 0.5) is 0 Å². The molecule has 0 unspecified atom stereocenters. The van der Waals surface area contributed by atoms with Crippen molar-refractivity contribution in [2.45, 2.75) is 31.6 Å². The third kappa shape index (κ3) is 2.54. The van der Waals surface area contributed by atoms with Crippen LogP contribution in [0.2, 0.25) is 0 Å². The molecule has 2 rings (SSSR count). The molecule has 0 aliphatic heterocycles. The maximum Gasteiger partial charge on any atom is 0.276 e. The Morgan fingerprint density at radius 1 is 1.56 bits per heavy atom. The van der Waals surface area contributed by atoms with E-state index in [1.165, 1.54) is 0 Å². The smallest absolute Gasteiger partial charge is 0.276 e. The molecule has 0 N–H and O–H groups in total. The van der Waals surface area contributed by atoms with Gasteiger partial charge in [0.05, 0.1) is 6.10 Å². The molecular weight excluding hydrogens is 236 g/mol. The Balaban J connectivity index is 1.93. The molecule has 1 aromatic heterocycles. The number of nitrogens with zero attached hydrogens (tertiary/aromatic N) is 2. The van der Waals surface area contributed by atoms with Crippen LogP contribution >= 0.6 is 0 Å². The molecule has 1 heterocycles. The van der Waals surface area contributed by atoms with Crippen molar-refractivity contribution >= 4 is 5.91 Å². The predicted molar refractivity (Wildman–Crippen MR) is 63.1 cm³/mol. The second-order valence-corrected chi connectivity index (χ2v) is 4.51. The lowest BCUT2D eigenvalue weighted by Gasteiger charge is -2.39. The standard InChI is InChI=1S/C12H18N2O4/c1-14(8-4-9(5-8)17-3)12(15)11-6-10(7-16-2)18-13-11/h6,8-9H,4-5,7H2,1-3H3. The van der Waals surface area contributed by atoms with E-state index in [0.29, 0.717) is 18.1 Å². The minimum Gasteiger partial charge on any atom is -0.381 e. The molecular formula is C12H18N2O4. The summed E-state index contributed by atoms with van der Waals surface area (Å²) in [5.41, 5.74) is 0.324. The average Bonchev–Trinajstić information content (AvgIpc) is 2.75. The quantitative estimate of drug-likeness (QED) is 0.786. The van der Waals surface area contributed by atoms with E-state index in [2.05, 4.69) is 5.16 Å². The fraction of sp³-hybridized carbons (Fsp3) is 0.667. The molecule has 1 aliphatic carbocycles. The lowest BCUT2D eigenvalue weighted by Crippen LogP contribution is -2.48. The number of hydrogen-bond donors (Lipinski definition) is 0. The molecule has 1 aliphatic rings. The third-order valence-electron chi connectivity index (χ3n) is 3.34. The van der Waals surface area contributed by atoms with E-state index in [4.69, 9.17) is 14.0 Å². The van der Waals surface area contributed by atoms with Crippen molar-refractivity contribution < 1.29 is 18.8 Å². The molecule has 1 fully saturated rings. The Morgan fingerprint density at radius 2 is 2.28 bits per heavy atom. The van der Waals surface area contributed by atoms with Crippen molar-refractivity contribution in [1.82, 2.24) is 10.1 Å². The number of carbonyl (C=O) groups excluding carboxylic acids is 1. The van der Waals surface area contributed by atoms with Crippen LogP contribution in [0, 0.1) is 0 Å². The Kier molecular flexibility index (Phi) is 3.98. The van der Waals surface area contributed by atoms with Gasteiger partial charge in [-0.2, -0.15) is 0 Å². The summed E-state index contributed by atoms with van der Waals surface area (Å²) in [5.74, 6) is 0.429. The van der Waals surface area contributed by atoms with Crippen molar-refractivity contribution in [2.75, 3.05) is 21.3 Å². The van der Waals surface area contributed by atoms with Crippen molar-refractivity contribution in [2.24, 2.45) is 0 Å². The molecule has 6 nitrogen and oxygen atoms in total. The van der Waals surface area contributed by atoms with Crippen LogP contribution in [0.25, 0.3) is 0 Å². The van der Waals surface area contributed by atoms with Gasteiger partial charge in [-0.05, 0) is 12.8 Å². The molecule has 100 valence electrons. The van der Waals surface area contributed by atoms with Gasteiger partial charge in [0.25, 0.3) is 5.91 Å². The molecule has 0 atom stereocenters. The van der Waals surface area contributed by atoms with Gasteiger partial charge in [-0.25, -0.2) is 0 Å². The number of carbonyl (C=O) groups is 1. The second-order valence-electron chi connectivity index (χ2n) is 4.51. The summed E-state index contributed by atoms with van der Waals surface area (Å²) in [7, 11) is 5.04. The summed E-state index contributed by atoms with van der Waals surface area (Å²) in [4.78, 5) is 13.8. The summed E-state index contributed by atoms with van der Waals surface area (Å²) in [6, 6.07) is 1.85. The first-order valence-electron chi connectivity index (χ1n) is 5.90. The first kappa shape index (κ1) is 13.0. The number of methoxy groups -OCH3 is 2. The first-order valence-corrected chi connectivity index (χ1v) is 5.90. The van der Waals surface area contributed by atoms with Crippen LogP contribution in [0.5, 0.6) is 0 Å². The first-order chi connectivity index (χ1) is 8.65. The fourth-order valence-electron chi connectivity index (χ4n) is 2.02. The van der Waals surface area contributed by atoms with Gasteiger partial charge in [-0.15, -0.1) is 0 Å². The maximum atomic E-state index is 12.1. The molecule has 1 aromatic rings. The highest BCUT2D eigenvalue weighted by Crippen LogP contribution is 2.27. The largest absolute Gasteiger partial charge is 0.381 e. The zero-order valence-electron chi connectivity index (χ0n) is 10.9. The summed E-state index contributed by atoms with van der Waals surface area (Å²) in [6.07, 6.45) is 2.02. The van der Waals surface area contributed by atoms with E-state index in [-0.39, 0.29) is 18.1 Å². The summed E-state index contributed by atoms with van der Waals surface area (Å²) < 4.78 is 15.1. The number of amides is 1. The number of rotatable bonds is 5. The third-order valence-corrected chi connectivity index (χ3v) is 3.34. The zero-order valence-corrected chi connectivity index (χ0v) is 10.9. The minimum atomic E-state index is -0.124. The van der Waals surface area contributed by atoms with Gasteiger partial charge < -0.3 is 18.9 Å². The predicted octanol–water partition coefficient (Wildman–Crippen LogP) is 1.07. The molecule has 0 saturated heterocycles. The van der Waals surface area contributed by atoms with Gasteiger partial charge in [-0.1, -0.05) is 5.16 Å². The molecule has 1 amide bonds. The van der Waals surface area contributed by atoms with E-state index < -0.39 is 0 Å². The highest BCUT2D eigenvalue weighted by Gasteiger charge is 2.35. The Hall–Kier alpha value is -1.40. The lowest BCUT2D eigenvalue weighted by atomic mass is 9.88. The number of ether oxygens (including phenoxy) is 2. The normalized spacial score (nSPS) is 22.6. The molecule has 18 heavy (non-hydrogen) atoms. The fourth-order valence-corrected chi connectivity index (χ4v) is 2.02. The minimum absolute atomic E-state index is 0.124. The Labute approximate surface area is 106 Å². The monoisotopic (exact) mass is 254 g/mol. The molecule has 0 radical (unpaired) electrons. The Morgan fingerprint density at radius 3 is 2.89 bits per heavy atom. The van der Waals surface area contributed by atoms with Gasteiger partial charge >= 0.3 is 0 Å². The van der Waals surface area contributed by atoms with E-state index in [1.54, 1.807) is 32.2 Å². The lowest BCUT2D eigenvalue weighted by molar-refractivity contribution is -0.0147. The van der Waals surface area contributed by atoms with Gasteiger partial charge in [0.15, 0.2) is 11.5 Å². The molecule has 0 spiro atoms. The summed E-state index contributed by atoms with van der Waals surface area (Å²) in [5, 5.41) is 3.76. The topological polar surface area (TPSA) is 64.8 Å². The zero-order chi connectivity index (χ0) is 13.1. The van der Waals surface area contributed by atoms with Crippen LogP contribution in [-0.4, -0.2) is 49.4 Å². The van der Waals surface area contributed by atoms with Gasteiger partial charge in [0, 0.05) is 33.4 Å². The van der Waals surface area contributed by atoms with Crippen LogP contribution in [-0.2, 0) is 16.1 Å². The molecule has 6 heteroatoms. The van der Waals surface area contributed by atoms with Crippen LogP contribution in [0.3, 0.4) is 0 Å². The highest BCUT2D eigenvalue weighted by atomic mass is 16.5. The van der Waals surface area contributed by atoms with E-state index >= 15 is 0 Å². The van der Waals surface area contributed by atoms with Crippen LogP contribution in [0.1, 0.15) is 29.1 Å². The van der Waals surface area contributed by atoms with Crippen LogP contribution < -0.4 is 0 Å². The van der Waals surface area contributed by atoms with Crippen molar-refractivity contribution in [1.29, 1.82) is 0 Å². The van der Waals surface area contributed by atoms with Gasteiger partial charge in [-0.3, -0.25) is 4.79 Å². The van der Waals surface area contributed by atoms with Crippen molar-refractivity contribution in [3.05, 3.63) is 17.5 Å². The Bertz CT molecular complexity index is 412. The molecule has 1 saturated carbocycles. The summed E-state index contributed by atoms with van der Waals surface area (Å²) >= 11 is 0. The second kappa shape index (κ2) is 5.49. The van der Waals surface area contributed by atoms with E-state index in [9.17, 15) is 4.79 Å².